The summed E-state index contributed by atoms with van der Waals surface area (Å²) in [5, 5.41) is 8.27. The molecule has 1 aliphatic heterocycles. The average Bonchev–Trinajstić information content (AvgIpc) is 3.29. The number of thiocarbonyl (C=S) groups is 1. The van der Waals surface area contributed by atoms with E-state index in [1.165, 1.54) is 18.7 Å². The molecule has 2 heterocycles. The Hall–Kier alpha value is -3.26. The van der Waals surface area contributed by atoms with Gasteiger partial charge < -0.3 is 19.5 Å². The molecule has 8 heteroatoms. The molecular formula is C25H27FN4O2S. The van der Waals surface area contributed by atoms with Crippen LogP contribution in [-0.4, -0.2) is 33.8 Å². The first-order chi connectivity index (χ1) is 15.9. The zero-order valence-corrected chi connectivity index (χ0v) is 20.0. The molecule has 1 atom stereocenters. The van der Waals surface area contributed by atoms with Crippen LogP contribution in [0.1, 0.15) is 49.7 Å². The molecule has 1 aliphatic rings. The summed E-state index contributed by atoms with van der Waals surface area (Å²) < 4.78 is 24.9. The lowest BCUT2D eigenvalue weighted by molar-refractivity contribution is 0.386. The maximum atomic E-state index is 14.2. The van der Waals surface area contributed by atoms with Crippen molar-refractivity contribution in [2.75, 3.05) is 13.7 Å². The minimum absolute atomic E-state index is 0.164. The molecule has 0 saturated heterocycles. The van der Waals surface area contributed by atoms with Crippen LogP contribution in [0.3, 0.4) is 0 Å². The van der Waals surface area contributed by atoms with Gasteiger partial charge in [-0.1, -0.05) is 48.3 Å². The lowest BCUT2D eigenvalue weighted by atomic mass is 9.94. The second-order valence-corrected chi connectivity index (χ2v) is 8.46. The van der Waals surface area contributed by atoms with Gasteiger partial charge in [-0.3, -0.25) is 0 Å². The van der Waals surface area contributed by atoms with Gasteiger partial charge in [0, 0.05) is 17.8 Å². The summed E-state index contributed by atoms with van der Waals surface area (Å²) in [6, 6.07) is 12.6. The molecule has 3 aromatic rings. The Labute approximate surface area is 198 Å². The lowest BCUT2D eigenvalue weighted by Gasteiger charge is -2.37. The van der Waals surface area contributed by atoms with E-state index >= 15 is 0 Å². The van der Waals surface area contributed by atoms with Crippen molar-refractivity contribution in [1.29, 1.82) is 0 Å². The molecule has 0 fully saturated rings. The molecule has 172 valence electrons. The number of aromatic nitrogens is 2. The average molecular weight is 467 g/mol. The van der Waals surface area contributed by atoms with Crippen molar-refractivity contribution in [2.24, 2.45) is 0 Å². The molecule has 4 rings (SSSR count). The van der Waals surface area contributed by atoms with Gasteiger partial charge in [0.1, 0.15) is 0 Å². The maximum absolute atomic E-state index is 14.2. The normalized spacial score (nSPS) is 16.2. The van der Waals surface area contributed by atoms with Gasteiger partial charge in [-0.05, 0) is 56.2 Å². The monoisotopic (exact) mass is 466 g/mol. The van der Waals surface area contributed by atoms with E-state index in [0.717, 1.165) is 36.2 Å². The first kappa shape index (κ1) is 22.9. The molecule has 1 aromatic heterocycles. The third-order valence-corrected chi connectivity index (χ3v) is 6.15. The zero-order chi connectivity index (χ0) is 23.5. The number of ether oxygens (including phenoxy) is 1. The summed E-state index contributed by atoms with van der Waals surface area (Å²) in [7, 11) is 1.43. The van der Waals surface area contributed by atoms with Crippen LogP contribution in [0.2, 0.25) is 0 Å². The molecule has 6 nitrogen and oxygen atoms in total. The van der Waals surface area contributed by atoms with E-state index in [1.807, 2.05) is 6.92 Å². The van der Waals surface area contributed by atoms with Crippen LogP contribution < -0.4 is 10.1 Å². The number of halogens is 1. The number of benzene rings is 2. The summed E-state index contributed by atoms with van der Waals surface area (Å²) in [6.07, 6.45) is 2.05. The largest absolute Gasteiger partial charge is 0.494 e. The number of unbranched alkanes of at least 4 members (excludes halogenated alkanes) is 1. The molecule has 0 radical (unpaired) electrons. The van der Waals surface area contributed by atoms with Crippen molar-refractivity contribution in [3.63, 3.8) is 0 Å². The SMILES string of the molecule is CCCCN1C(=S)NC(c2ccc(C)cc2)C(c2nc(-c3ccc(OC)c(F)c3)no2)=C1C. The Balaban J connectivity index is 1.78. The lowest BCUT2D eigenvalue weighted by Crippen LogP contribution is -2.46. The predicted molar refractivity (Wildman–Crippen MR) is 130 cm³/mol. The molecule has 0 saturated carbocycles. The van der Waals surface area contributed by atoms with Gasteiger partial charge in [-0.25, -0.2) is 4.39 Å². The summed E-state index contributed by atoms with van der Waals surface area (Å²) >= 11 is 5.70. The first-order valence-corrected chi connectivity index (χ1v) is 11.4. The minimum Gasteiger partial charge on any atom is -0.494 e. The van der Waals surface area contributed by atoms with E-state index in [0.29, 0.717) is 22.4 Å². The summed E-state index contributed by atoms with van der Waals surface area (Å²) in [5.74, 6) is 0.366. The second-order valence-electron chi connectivity index (χ2n) is 8.07. The van der Waals surface area contributed by atoms with Crippen LogP contribution >= 0.6 is 12.2 Å². The van der Waals surface area contributed by atoms with E-state index in [2.05, 4.69) is 58.5 Å². The molecule has 2 aromatic carbocycles. The topological polar surface area (TPSA) is 63.4 Å². The smallest absolute Gasteiger partial charge is 0.258 e. The van der Waals surface area contributed by atoms with E-state index in [-0.39, 0.29) is 11.8 Å². The van der Waals surface area contributed by atoms with Gasteiger partial charge >= 0.3 is 0 Å². The van der Waals surface area contributed by atoms with Gasteiger partial charge in [-0.2, -0.15) is 4.98 Å². The van der Waals surface area contributed by atoms with E-state index in [4.69, 9.17) is 21.5 Å². The first-order valence-electron chi connectivity index (χ1n) is 11.0. The van der Waals surface area contributed by atoms with Crippen LogP contribution in [0.5, 0.6) is 5.75 Å². The molecule has 1 unspecified atom stereocenters. The highest BCUT2D eigenvalue weighted by molar-refractivity contribution is 7.80. The van der Waals surface area contributed by atoms with Crippen molar-refractivity contribution >= 4 is 22.9 Å². The molecule has 0 aliphatic carbocycles. The molecule has 1 N–H and O–H groups in total. The Morgan fingerprint density at radius 1 is 1.18 bits per heavy atom. The Kier molecular flexibility index (Phi) is 6.74. The number of hydrogen-bond acceptors (Lipinski definition) is 5. The number of nitrogens with zero attached hydrogens (tertiary/aromatic N) is 3. The Morgan fingerprint density at radius 2 is 1.94 bits per heavy atom. The highest BCUT2D eigenvalue weighted by Gasteiger charge is 2.33. The highest BCUT2D eigenvalue weighted by atomic mass is 32.1. The van der Waals surface area contributed by atoms with Crippen molar-refractivity contribution < 1.29 is 13.7 Å². The van der Waals surface area contributed by atoms with Crippen molar-refractivity contribution in [2.45, 2.75) is 39.7 Å². The molecule has 0 spiro atoms. The van der Waals surface area contributed by atoms with Gasteiger partial charge in [0.25, 0.3) is 5.89 Å². The van der Waals surface area contributed by atoms with Crippen molar-refractivity contribution in [3.8, 4) is 17.1 Å². The van der Waals surface area contributed by atoms with Crippen LogP contribution in [0, 0.1) is 12.7 Å². The summed E-state index contributed by atoms with van der Waals surface area (Å²) in [4.78, 5) is 6.71. The quantitative estimate of drug-likeness (QED) is 0.451. The van der Waals surface area contributed by atoms with E-state index in [9.17, 15) is 4.39 Å². The predicted octanol–water partition coefficient (Wildman–Crippen LogP) is 5.66. The number of hydrogen-bond donors (Lipinski definition) is 1. The molecule has 33 heavy (non-hydrogen) atoms. The van der Waals surface area contributed by atoms with Gasteiger partial charge in [0.2, 0.25) is 5.82 Å². The van der Waals surface area contributed by atoms with Crippen molar-refractivity contribution in [1.82, 2.24) is 20.4 Å². The van der Waals surface area contributed by atoms with Gasteiger partial charge in [0.05, 0.1) is 18.7 Å². The summed E-state index contributed by atoms with van der Waals surface area (Å²) in [5.41, 5.74) is 4.55. The van der Waals surface area contributed by atoms with Crippen LogP contribution in [0.4, 0.5) is 4.39 Å². The standard InChI is InChI=1S/C25H27FN4O2S/c1-5-6-13-30-16(3)21(22(27-25(30)33)17-9-7-15(2)8-10-17)24-28-23(29-32-24)18-11-12-20(31-4)19(26)14-18/h7-12,14,22H,5-6,13H2,1-4H3,(H,27,33). The number of allylic oxidation sites excluding steroid dienone is 1. The number of methoxy groups -OCH3 is 1. The third kappa shape index (κ3) is 4.61. The zero-order valence-electron chi connectivity index (χ0n) is 19.2. The fourth-order valence-electron chi connectivity index (χ4n) is 3.91. The summed E-state index contributed by atoms with van der Waals surface area (Å²) in [6.45, 7) is 7.02. The fourth-order valence-corrected chi connectivity index (χ4v) is 4.25. The third-order valence-electron chi connectivity index (χ3n) is 5.81. The maximum Gasteiger partial charge on any atom is 0.258 e. The Bertz CT molecular complexity index is 1190. The number of aryl methyl sites for hydroxylation is 1. The van der Waals surface area contributed by atoms with Gasteiger partial charge in [-0.15, -0.1) is 0 Å². The molecule has 0 amide bonds. The number of nitrogens with one attached hydrogen (secondary N) is 1. The highest BCUT2D eigenvalue weighted by Crippen LogP contribution is 2.37. The van der Waals surface area contributed by atoms with E-state index < -0.39 is 5.82 Å². The van der Waals surface area contributed by atoms with Crippen LogP contribution in [0.25, 0.3) is 17.0 Å². The molecular weight excluding hydrogens is 439 g/mol. The fraction of sp³-hybridized carbons (Fsp3) is 0.320. The van der Waals surface area contributed by atoms with Crippen molar-refractivity contribution in [3.05, 3.63) is 71.0 Å². The minimum atomic E-state index is -0.482. The second kappa shape index (κ2) is 9.70. The van der Waals surface area contributed by atoms with E-state index in [1.54, 1.807) is 12.1 Å². The van der Waals surface area contributed by atoms with Gasteiger partial charge in [0.15, 0.2) is 16.7 Å². The Morgan fingerprint density at radius 3 is 2.61 bits per heavy atom. The van der Waals surface area contributed by atoms with Crippen LogP contribution in [0.15, 0.2) is 52.7 Å². The number of rotatable bonds is 7. The molecule has 0 bridgehead atoms. The van der Waals surface area contributed by atoms with Crippen LogP contribution in [-0.2, 0) is 0 Å².